The molecule has 4 rings (SSSR count). The minimum absolute atomic E-state index is 0.130. The molecule has 6 nitrogen and oxygen atoms in total. The topological polar surface area (TPSA) is 71.5 Å². The van der Waals surface area contributed by atoms with Gasteiger partial charge in [0, 0.05) is 18.4 Å². The van der Waals surface area contributed by atoms with Crippen LogP contribution in [-0.4, -0.2) is 23.4 Å². The van der Waals surface area contributed by atoms with E-state index in [1.165, 1.54) is 0 Å². The van der Waals surface area contributed by atoms with Gasteiger partial charge in [-0.3, -0.25) is 19.5 Å². The number of carbonyl (C=O) groups is 2. The molecule has 2 aromatic carbocycles. The first-order chi connectivity index (χ1) is 15.1. The van der Waals surface area contributed by atoms with E-state index in [0.717, 1.165) is 22.6 Å². The van der Waals surface area contributed by atoms with Crippen LogP contribution < -0.4 is 15.0 Å². The number of rotatable bonds is 7. The van der Waals surface area contributed by atoms with E-state index in [9.17, 15) is 9.59 Å². The van der Waals surface area contributed by atoms with Crippen molar-refractivity contribution in [2.24, 2.45) is 0 Å². The summed E-state index contributed by atoms with van der Waals surface area (Å²) in [7, 11) is 0. The number of fused-ring (bicyclic) bond motifs is 1. The van der Waals surface area contributed by atoms with E-state index in [1.807, 2.05) is 62.4 Å². The normalized spacial score (nSPS) is 15.0. The van der Waals surface area contributed by atoms with Crippen molar-refractivity contribution < 1.29 is 14.3 Å². The van der Waals surface area contributed by atoms with Gasteiger partial charge < -0.3 is 10.1 Å². The third-order valence-electron chi connectivity index (χ3n) is 5.31. The summed E-state index contributed by atoms with van der Waals surface area (Å²) in [5.74, 6) is 0.503. The summed E-state index contributed by atoms with van der Waals surface area (Å²) >= 11 is 0. The molecule has 0 radical (unpaired) electrons. The fourth-order valence-electron chi connectivity index (χ4n) is 3.81. The van der Waals surface area contributed by atoms with E-state index in [2.05, 4.69) is 10.3 Å². The van der Waals surface area contributed by atoms with Gasteiger partial charge in [0.25, 0.3) is 5.91 Å². The Balaban J connectivity index is 1.51. The molecule has 0 unspecified atom stereocenters. The lowest BCUT2D eigenvalue weighted by molar-refractivity contribution is -0.121. The second kappa shape index (κ2) is 9.00. The SMILES string of the molecule is CCOc1cccc(CNC(=O)C[C@@H]2c3ncccc3C(=O)N2c2ccc(C)cc2)c1. The third kappa shape index (κ3) is 4.43. The van der Waals surface area contributed by atoms with Crippen LogP contribution in [0.1, 0.15) is 46.6 Å². The summed E-state index contributed by atoms with van der Waals surface area (Å²) in [5, 5.41) is 2.96. The molecule has 158 valence electrons. The number of pyridine rings is 1. The number of nitrogens with zero attached hydrogens (tertiary/aromatic N) is 2. The van der Waals surface area contributed by atoms with E-state index in [1.54, 1.807) is 23.2 Å². The first-order valence-corrected chi connectivity index (χ1v) is 10.4. The fraction of sp³-hybridized carbons (Fsp3) is 0.240. The summed E-state index contributed by atoms with van der Waals surface area (Å²) < 4.78 is 5.52. The Morgan fingerprint density at radius 1 is 1.13 bits per heavy atom. The van der Waals surface area contributed by atoms with Gasteiger partial charge in [0.15, 0.2) is 0 Å². The quantitative estimate of drug-likeness (QED) is 0.628. The van der Waals surface area contributed by atoms with E-state index in [0.29, 0.717) is 24.4 Å². The molecule has 1 aliphatic rings. The first kappa shape index (κ1) is 20.6. The highest BCUT2D eigenvalue weighted by Gasteiger charge is 2.39. The number of ether oxygens (including phenoxy) is 1. The van der Waals surface area contributed by atoms with Crippen LogP contribution in [0.2, 0.25) is 0 Å². The van der Waals surface area contributed by atoms with Crippen molar-refractivity contribution in [3.05, 3.63) is 89.2 Å². The van der Waals surface area contributed by atoms with Crippen molar-refractivity contribution in [2.75, 3.05) is 11.5 Å². The van der Waals surface area contributed by atoms with Gasteiger partial charge in [-0.1, -0.05) is 29.8 Å². The number of hydrogen-bond donors (Lipinski definition) is 1. The van der Waals surface area contributed by atoms with E-state index < -0.39 is 6.04 Å². The predicted octanol–water partition coefficient (Wildman–Crippen LogP) is 4.20. The Kier molecular flexibility index (Phi) is 5.98. The highest BCUT2D eigenvalue weighted by molar-refractivity contribution is 6.11. The van der Waals surface area contributed by atoms with Crippen molar-refractivity contribution in [3.8, 4) is 5.75 Å². The molecule has 31 heavy (non-hydrogen) atoms. The summed E-state index contributed by atoms with van der Waals surface area (Å²) in [6.45, 7) is 4.91. The van der Waals surface area contributed by atoms with Crippen LogP contribution in [0.3, 0.4) is 0 Å². The Morgan fingerprint density at radius 2 is 1.94 bits per heavy atom. The molecule has 1 N–H and O–H groups in total. The molecule has 1 aliphatic heterocycles. The minimum Gasteiger partial charge on any atom is -0.494 e. The number of benzene rings is 2. The first-order valence-electron chi connectivity index (χ1n) is 10.4. The molecule has 0 saturated heterocycles. The summed E-state index contributed by atoms with van der Waals surface area (Å²) in [6.07, 6.45) is 1.80. The second-order valence-corrected chi connectivity index (χ2v) is 7.52. The zero-order chi connectivity index (χ0) is 21.8. The number of nitrogens with one attached hydrogen (secondary N) is 1. The number of aryl methyl sites for hydroxylation is 1. The number of carbonyl (C=O) groups excluding carboxylic acids is 2. The molecule has 6 heteroatoms. The van der Waals surface area contributed by atoms with Gasteiger partial charge in [-0.05, 0) is 55.8 Å². The summed E-state index contributed by atoms with van der Waals surface area (Å²) in [5.41, 5.74) is 4.01. The predicted molar refractivity (Wildman–Crippen MR) is 119 cm³/mol. The Bertz CT molecular complexity index is 1100. The molecule has 1 aromatic heterocycles. The van der Waals surface area contributed by atoms with E-state index >= 15 is 0 Å². The largest absolute Gasteiger partial charge is 0.494 e. The van der Waals surface area contributed by atoms with Crippen LogP contribution in [0.4, 0.5) is 5.69 Å². The van der Waals surface area contributed by atoms with E-state index in [-0.39, 0.29) is 18.2 Å². The smallest absolute Gasteiger partial charge is 0.260 e. The number of hydrogen-bond acceptors (Lipinski definition) is 4. The Hall–Kier alpha value is -3.67. The molecule has 1 atom stereocenters. The summed E-state index contributed by atoms with van der Waals surface area (Å²) in [6, 6.07) is 18.5. The van der Waals surface area contributed by atoms with E-state index in [4.69, 9.17) is 4.74 Å². The average Bonchev–Trinajstić information content (AvgIpc) is 3.05. The Morgan fingerprint density at radius 3 is 2.71 bits per heavy atom. The lowest BCUT2D eigenvalue weighted by Crippen LogP contribution is -2.33. The monoisotopic (exact) mass is 415 g/mol. The summed E-state index contributed by atoms with van der Waals surface area (Å²) in [4.78, 5) is 32.0. The van der Waals surface area contributed by atoms with Gasteiger partial charge in [0.1, 0.15) is 5.75 Å². The molecule has 2 heterocycles. The van der Waals surface area contributed by atoms with Gasteiger partial charge >= 0.3 is 0 Å². The standard InChI is InChI=1S/C25H25N3O3/c1-3-31-20-7-4-6-18(14-20)16-27-23(29)15-22-24-21(8-5-13-26-24)25(30)28(22)19-11-9-17(2)10-12-19/h4-14,22H,3,15-16H2,1-2H3,(H,27,29)/t22-/m1/s1. The van der Waals surface area contributed by atoms with Gasteiger partial charge in [0.05, 0.1) is 30.3 Å². The van der Waals surface area contributed by atoms with Gasteiger partial charge in [-0.15, -0.1) is 0 Å². The molecule has 2 amide bonds. The minimum atomic E-state index is -0.443. The Labute approximate surface area is 181 Å². The van der Waals surface area contributed by atoms with Crippen LogP contribution in [-0.2, 0) is 11.3 Å². The number of anilines is 1. The highest BCUT2D eigenvalue weighted by Crippen LogP contribution is 2.38. The van der Waals surface area contributed by atoms with Gasteiger partial charge in [-0.25, -0.2) is 0 Å². The van der Waals surface area contributed by atoms with Crippen LogP contribution in [0, 0.1) is 6.92 Å². The molecular weight excluding hydrogens is 390 g/mol. The lowest BCUT2D eigenvalue weighted by atomic mass is 10.1. The number of aromatic nitrogens is 1. The average molecular weight is 415 g/mol. The highest BCUT2D eigenvalue weighted by atomic mass is 16.5. The van der Waals surface area contributed by atoms with Crippen LogP contribution >= 0.6 is 0 Å². The zero-order valence-corrected chi connectivity index (χ0v) is 17.7. The van der Waals surface area contributed by atoms with Crippen LogP contribution in [0.5, 0.6) is 5.75 Å². The molecular formula is C25H25N3O3. The second-order valence-electron chi connectivity index (χ2n) is 7.52. The third-order valence-corrected chi connectivity index (χ3v) is 5.31. The van der Waals surface area contributed by atoms with Crippen molar-refractivity contribution in [3.63, 3.8) is 0 Å². The molecule has 3 aromatic rings. The van der Waals surface area contributed by atoms with Crippen LogP contribution in [0.25, 0.3) is 0 Å². The van der Waals surface area contributed by atoms with Crippen LogP contribution in [0.15, 0.2) is 66.9 Å². The fourth-order valence-corrected chi connectivity index (χ4v) is 3.81. The number of amides is 2. The van der Waals surface area contributed by atoms with Crippen molar-refractivity contribution >= 4 is 17.5 Å². The maximum Gasteiger partial charge on any atom is 0.260 e. The molecule has 0 bridgehead atoms. The molecule has 0 saturated carbocycles. The lowest BCUT2D eigenvalue weighted by Gasteiger charge is -2.24. The van der Waals surface area contributed by atoms with Gasteiger partial charge in [-0.2, -0.15) is 0 Å². The maximum atomic E-state index is 13.1. The zero-order valence-electron chi connectivity index (χ0n) is 17.7. The van der Waals surface area contributed by atoms with Gasteiger partial charge in [0.2, 0.25) is 5.91 Å². The van der Waals surface area contributed by atoms with Crippen molar-refractivity contribution in [2.45, 2.75) is 32.9 Å². The van der Waals surface area contributed by atoms with Crippen molar-refractivity contribution in [1.82, 2.24) is 10.3 Å². The maximum absolute atomic E-state index is 13.1. The van der Waals surface area contributed by atoms with Crippen molar-refractivity contribution in [1.29, 1.82) is 0 Å². The molecule has 0 fully saturated rings. The molecule has 0 aliphatic carbocycles. The molecule has 0 spiro atoms.